The molecule has 3 rings (SSSR count). The molecule has 7 heteroatoms. The van der Waals surface area contributed by atoms with Crippen molar-refractivity contribution in [3.63, 3.8) is 0 Å². The highest BCUT2D eigenvalue weighted by atomic mass is 35.5. The van der Waals surface area contributed by atoms with E-state index in [2.05, 4.69) is 15.5 Å². The molecule has 25 heavy (non-hydrogen) atoms. The molecule has 0 saturated carbocycles. The van der Waals surface area contributed by atoms with Gasteiger partial charge in [-0.2, -0.15) is 0 Å². The number of amides is 1. The van der Waals surface area contributed by atoms with Gasteiger partial charge in [-0.15, -0.1) is 10.2 Å². The second kappa shape index (κ2) is 8.18. The lowest BCUT2D eigenvalue weighted by Gasteiger charge is -2.05. The van der Waals surface area contributed by atoms with Crippen molar-refractivity contribution in [2.24, 2.45) is 0 Å². The maximum Gasteiger partial charge on any atom is 0.277 e. The van der Waals surface area contributed by atoms with Crippen molar-refractivity contribution in [2.45, 2.75) is 18.6 Å². The number of nitrogens with zero attached hydrogens (tertiary/aromatic N) is 2. The predicted molar refractivity (Wildman–Crippen MR) is 99.1 cm³/mol. The Morgan fingerprint density at radius 2 is 2.00 bits per heavy atom. The van der Waals surface area contributed by atoms with Gasteiger partial charge in [0.2, 0.25) is 11.8 Å². The fourth-order valence-electron chi connectivity index (χ4n) is 2.13. The first-order valence-electron chi connectivity index (χ1n) is 7.65. The normalized spacial score (nSPS) is 10.6. The summed E-state index contributed by atoms with van der Waals surface area (Å²) in [5.41, 5.74) is 2.72. The van der Waals surface area contributed by atoms with Crippen molar-refractivity contribution < 1.29 is 9.21 Å². The van der Waals surface area contributed by atoms with Crippen LogP contribution in [0, 0.1) is 6.92 Å². The van der Waals surface area contributed by atoms with E-state index in [1.807, 2.05) is 49.4 Å². The molecule has 0 aliphatic heterocycles. The highest BCUT2D eigenvalue weighted by molar-refractivity contribution is 7.99. The summed E-state index contributed by atoms with van der Waals surface area (Å²) in [6.07, 6.45) is 0.572. The van der Waals surface area contributed by atoms with Gasteiger partial charge in [-0.1, -0.05) is 59.8 Å². The molecule has 1 heterocycles. The van der Waals surface area contributed by atoms with Crippen LogP contribution in [0.15, 0.2) is 58.2 Å². The van der Waals surface area contributed by atoms with Crippen LogP contribution in [0.3, 0.4) is 0 Å². The monoisotopic (exact) mass is 373 g/mol. The van der Waals surface area contributed by atoms with Crippen LogP contribution in [-0.4, -0.2) is 21.9 Å². The summed E-state index contributed by atoms with van der Waals surface area (Å²) >= 11 is 7.25. The van der Waals surface area contributed by atoms with Gasteiger partial charge in [0.05, 0.1) is 12.2 Å². The number of nitrogens with one attached hydrogen (secondary N) is 1. The minimum absolute atomic E-state index is 0.160. The molecule has 1 amide bonds. The Morgan fingerprint density at radius 1 is 1.20 bits per heavy atom. The van der Waals surface area contributed by atoms with Crippen molar-refractivity contribution in [2.75, 3.05) is 11.1 Å². The maximum atomic E-state index is 12.0. The number of rotatable bonds is 6. The lowest BCUT2D eigenvalue weighted by atomic mass is 10.2. The average Bonchev–Trinajstić information content (AvgIpc) is 3.05. The van der Waals surface area contributed by atoms with Gasteiger partial charge in [-0.25, -0.2) is 0 Å². The highest BCUT2D eigenvalue weighted by Gasteiger charge is 2.11. The molecule has 0 spiro atoms. The molecule has 2 aromatic carbocycles. The fraction of sp³-hybridized carbons (Fsp3) is 0.167. The van der Waals surface area contributed by atoms with Gasteiger partial charge < -0.3 is 9.73 Å². The Morgan fingerprint density at radius 3 is 2.76 bits per heavy atom. The molecule has 0 radical (unpaired) electrons. The van der Waals surface area contributed by atoms with E-state index in [0.717, 1.165) is 11.1 Å². The molecule has 0 aliphatic carbocycles. The Kier molecular flexibility index (Phi) is 5.73. The van der Waals surface area contributed by atoms with E-state index >= 15 is 0 Å². The van der Waals surface area contributed by atoms with Gasteiger partial charge in [0, 0.05) is 10.7 Å². The van der Waals surface area contributed by atoms with Gasteiger partial charge in [0.25, 0.3) is 5.22 Å². The third kappa shape index (κ3) is 5.08. The zero-order chi connectivity index (χ0) is 17.6. The fourth-order valence-corrected chi connectivity index (χ4v) is 2.89. The van der Waals surface area contributed by atoms with Gasteiger partial charge in [-0.05, 0) is 30.2 Å². The molecule has 0 unspecified atom stereocenters. The van der Waals surface area contributed by atoms with Gasteiger partial charge >= 0.3 is 0 Å². The number of carbonyl (C=O) groups excluding carboxylic acids is 1. The number of halogens is 1. The van der Waals surface area contributed by atoms with Crippen LogP contribution >= 0.6 is 23.4 Å². The molecule has 0 aliphatic rings. The minimum Gasteiger partial charge on any atom is -0.416 e. The summed E-state index contributed by atoms with van der Waals surface area (Å²) in [4.78, 5) is 12.0. The van der Waals surface area contributed by atoms with Crippen molar-refractivity contribution in [3.05, 3.63) is 70.6 Å². The van der Waals surface area contributed by atoms with E-state index in [4.69, 9.17) is 16.0 Å². The highest BCUT2D eigenvalue weighted by Crippen LogP contribution is 2.21. The van der Waals surface area contributed by atoms with Crippen LogP contribution in [-0.2, 0) is 11.2 Å². The van der Waals surface area contributed by atoms with Crippen molar-refractivity contribution in [1.82, 2.24) is 10.2 Å². The quantitative estimate of drug-likeness (QED) is 0.650. The Labute approximate surface area is 154 Å². The number of aromatic nitrogens is 2. The number of hydrogen-bond acceptors (Lipinski definition) is 5. The van der Waals surface area contributed by atoms with E-state index in [1.54, 1.807) is 6.07 Å². The first-order chi connectivity index (χ1) is 12.1. The zero-order valence-corrected chi connectivity index (χ0v) is 15.1. The van der Waals surface area contributed by atoms with Crippen LogP contribution in [0.1, 0.15) is 17.0 Å². The number of anilines is 1. The summed E-state index contributed by atoms with van der Waals surface area (Å²) in [5, 5.41) is 11.8. The molecule has 0 bridgehead atoms. The van der Waals surface area contributed by atoms with Gasteiger partial charge in [0.1, 0.15) is 0 Å². The first kappa shape index (κ1) is 17.5. The molecule has 0 fully saturated rings. The Balaban J connectivity index is 1.51. The number of hydrogen-bond donors (Lipinski definition) is 1. The summed E-state index contributed by atoms with van der Waals surface area (Å²) in [5.74, 6) is 0.547. The second-order valence-electron chi connectivity index (χ2n) is 5.42. The molecule has 1 aromatic heterocycles. The van der Waals surface area contributed by atoms with Gasteiger partial charge in [0.15, 0.2) is 0 Å². The SMILES string of the molecule is Cc1ccc(NC(=O)CSc2nnc(Cc3ccccc3)o2)cc1Cl. The van der Waals surface area contributed by atoms with E-state index in [0.29, 0.717) is 28.2 Å². The summed E-state index contributed by atoms with van der Waals surface area (Å²) in [6, 6.07) is 15.3. The minimum atomic E-state index is -0.160. The maximum absolute atomic E-state index is 12.0. The summed E-state index contributed by atoms with van der Waals surface area (Å²) in [6.45, 7) is 1.91. The van der Waals surface area contributed by atoms with Crippen molar-refractivity contribution in [3.8, 4) is 0 Å². The smallest absolute Gasteiger partial charge is 0.277 e. The summed E-state index contributed by atoms with van der Waals surface area (Å²) < 4.78 is 5.56. The van der Waals surface area contributed by atoms with Gasteiger partial charge in [-0.3, -0.25) is 4.79 Å². The van der Waals surface area contributed by atoms with E-state index in [-0.39, 0.29) is 11.7 Å². The Bertz CT molecular complexity index is 868. The second-order valence-corrected chi connectivity index (χ2v) is 6.76. The number of thioether (sulfide) groups is 1. The molecule has 128 valence electrons. The first-order valence-corrected chi connectivity index (χ1v) is 9.01. The molecule has 3 aromatic rings. The van der Waals surface area contributed by atoms with Crippen LogP contribution < -0.4 is 5.32 Å². The molecule has 1 N–H and O–H groups in total. The largest absolute Gasteiger partial charge is 0.416 e. The topological polar surface area (TPSA) is 68.0 Å². The molecular weight excluding hydrogens is 358 g/mol. The predicted octanol–water partition coefficient (Wildman–Crippen LogP) is 4.35. The van der Waals surface area contributed by atoms with E-state index in [1.165, 1.54) is 11.8 Å². The standard InChI is InChI=1S/C18H16ClN3O2S/c1-12-7-8-14(10-15(12)19)20-16(23)11-25-18-22-21-17(24-18)9-13-5-3-2-4-6-13/h2-8,10H,9,11H2,1H3,(H,20,23). The van der Waals surface area contributed by atoms with E-state index < -0.39 is 0 Å². The Hall–Kier alpha value is -2.31. The average molecular weight is 374 g/mol. The molecule has 0 saturated heterocycles. The van der Waals surface area contributed by atoms with Crippen molar-refractivity contribution >= 4 is 35.0 Å². The lowest BCUT2D eigenvalue weighted by molar-refractivity contribution is -0.113. The third-order valence-corrected chi connectivity index (χ3v) is 4.65. The van der Waals surface area contributed by atoms with Crippen LogP contribution in [0.4, 0.5) is 5.69 Å². The number of aryl methyl sites for hydroxylation is 1. The number of carbonyl (C=O) groups is 1. The van der Waals surface area contributed by atoms with Crippen molar-refractivity contribution in [1.29, 1.82) is 0 Å². The molecule has 5 nitrogen and oxygen atoms in total. The molecular formula is C18H16ClN3O2S. The summed E-state index contributed by atoms with van der Waals surface area (Å²) in [7, 11) is 0. The van der Waals surface area contributed by atoms with Crippen LogP contribution in [0.25, 0.3) is 0 Å². The zero-order valence-electron chi connectivity index (χ0n) is 13.5. The number of benzene rings is 2. The molecule has 0 atom stereocenters. The van der Waals surface area contributed by atoms with Crippen LogP contribution in [0.5, 0.6) is 0 Å². The van der Waals surface area contributed by atoms with Crippen LogP contribution in [0.2, 0.25) is 5.02 Å². The third-order valence-electron chi connectivity index (χ3n) is 3.43. The van der Waals surface area contributed by atoms with E-state index in [9.17, 15) is 4.79 Å². The lowest BCUT2D eigenvalue weighted by Crippen LogP contribution is -2.14.